The minimum absolute atomic E-state index is 0.119. The normalized spacial score (nSPS) is 10.5. The van der Waals surface area contributed by atoms with Crippen molar-refractivity contribution in [3.8, 4) is 0 Å². The molecule has 0 saturated carbocycles. The molecule has 0 unspecified atom stereocenters. The highest BCUT2D eigenvalue weighted by atomic mass is 32.1. The molecule has 2 rings (SSSR count). The van der Waals surface area contributed by atoms with Crippen LogP contribution in [0.1, 0.15) is 40.7 Å². The first-order chi connectivity index (χ1) is 9.10. The highest BCUT2D eigenvalue weighted by Crippen LogP contribution is 2.16. The molecule has 1 amide bonds. The SMILES string of the molecule is CCCc1ccc(C)c(C(=O)Nc2nc(C)ns2)c1. The van der Waals surface area contributed by atoms with Crippen molar-refractivity contribution in [1.29, 1.82) is 0 Å². The van der Waals surface area contributed by atoms with Crippen molar-refractivity contribution < 1.29 is 4.79 Å². The highest BCUT2D eigenvalue weighted by molar-refractivity contribution is 7.09. The summed E-state index contributed by atoms with van der Waals surface area (Å²) in [5.41, 5.74) is 2.86. The van der Waals surface area contributed by atoms with Crippen LogP contribution in [0.4, 0.5) is 5.13 Å². The number of anilines is 1. The standard InChI is InChI=1S/C14H17N3OS/c1-4-5-11-7-6-9(2)12(8-11)13(18)16-14-15-10(3)17-19-14/h6-8H,4-5H2,1-3H3,(H,15,16,17,18). The zero-order valence-electron chi connectivity index (χ0n) is 11.4. The first kappa shape index (κ1) is 13.7. The van der Waals surface area contributed by atoms with Gasteiger partial charge in [0.1, 0.15) is 5.82 Å². The van der Waals surface area contributed by atoms with Crippen molar-refractivity contribution in [2.75, 3.05) is 5.32 Å². The van der Waals surface area contributed by atoms with Gasteiger partial charge in [0.15, 0.2) is 0 Å². The second-order valence-corrected chi connectivity index (χ2v) is 5.25. The molecule has 0 aliphatic heterocycles. The highest BCUT2D eigenvalue weighted by Gasteiger charge is 2.12. The van der Waals surface area contributed by atoms with Gasteiger partial charge >= 0.3 is 0 Å². The Kier molecular flexibility index (Phi) is 4.27. The number of nitrogens with one attached hydrogen (secondary N) is 1. The third kappa shape index (κ3) is 3.38. The molecule has 0 radical (unpaired) electrons. The van der Waals surface area contributed by atoms with E-state index in [9.17, 15) is 4.79 Å². The molecule has 100 valence electrons. The van der Waals surface area contributed by atoms with Crippen molar-refractivity contribution in [2.45, 2.75) is 33.6 Å². The lowest BCUT2D eigenvalue weighted by molar-refractivity contribution is 0.102. The molecule has 0 bridgehead atoms. The summed E-state index contributed by atoms with van der Waals surface area (Å²) in [6.07, 6.45) is 2.05. The van der Waals surface area contributed by atoms with Crippen LogP contribution in [0.3, 0.4) is 0 Å². The number of aromatic nitrogens is 2. The Bertz CT molecular complexity index is 592. The minimum Gasteiger partial charge on any atom is -0.297 e. The van der Waals surface area contributed by atoms with E-state index in [2.05, 4.69) is 27.7 Å². The molecule has 19 heavy (non-hydrogen) atoms. The van der Waals surface area contributed by atoms with Gasteiger partial charge in [0.2, 0.25) is 5.13 Å². The van der Waals surface area contributed by atoms with E-state index < -0.39 is 0 Å². The van der Waals surface area contributed by atoms with Crippen molar-refractivity contribution in [2.24, 2.45) is 0 Å². The summed E-state index contributed by atoms with van der Waals surface area (Å²) in [6.45, 7) is 5.87. The predicted molar refractivity (Wildman–Crippen MR) is 77.8 cm³/mol. The summed E-state index contributed by atoms with van der Waals surface area (Å²) in [6, 6.07) is 6.03. The largest absolute Gasteiger partial charge is 0.297 e. The number of hydrogen-bond donors (Lipinski definition) is 1. The van der Waals surface area contributed by atoms with Crippen LogP contribution < -0.4 is 5.32 Å². The van der Waals surface area contributed by atoms with E-state index in [4.69, 9.17) is 0 Å². The number of amides is 1. The third-order valence-corrected chi connectivity index (χ3v) is 3.56. The van der Waals surface area contributed by atoms with Crippen molar-refractivity contribution in [1.82, 2.24) is 9.36 Å². The Hall–Kier alpha value is -1.75. The Balaban J connectivity index is 2.20. The van der Waals surface area contributed by atoms with Gasteiger partial charge in [-0.2, -0.15) is 4.37 Å². The number of benzene rings is 1. The molecule has 1 aromatic carbocycles. The Morgan fingerprint density at radius 3 is 2.79 bits per heavy atom. The molecular formula is C14H17N3OS. The van der Waals surface area contributed by atoms with Crippen LogP contribution in [0.2, 0.25) is 0 Å². The fourth-order valence-corrected chi connectivity index (χ4v) is 2.44. The topological polar surface area (TPSA) is 54.9 Å². The number of hydrogen-bond acceptors (Lipinski definition) is 4. The first-order valence-electron chi connectivity index (χ1n) is 6.31. The lowest BCUT2D eigenvalue weighted by Crippen LogP contribution is -2.13. The maximum atomic E-state index is 12.2. The van der Waals surface area contributed by atoms with Gasteiger partial charge in [0.05, 0.1) is 0 Å². The average Bonchev–Trinajstić information content (AvgIpc) is 2.77. The zero-order chi connectivity index (χ0) is 13.8. The van der Waals surface area contributed by atoms with Crippen LogP contribution in [0, 0.1) is 13.8 Å². The molecule has 1 aromatic heterocycles. The van der Waals surface area contributed by atoms with Gasteiger partial charge in [0.25, 0.3) is 5.91 Å². The average molecular weight is 275 g/mol. The number of nitrogens with zero attached hydrogens (tertiary/aromatic N) is 2. The molecule has 0 aliphatic rings. The van der Waals surface area contributed by atoms with Gasteiger partial charge in [-0.3, -0.25) is 10.1 Å². The Morgan fingerprint density at radius 1 is 1.37 bits per heavy atom. The van der Waals surface area contributed by atoms with E-state index >= 15 is 0 Å². The van der Waals surface area contributed by atoms with Crippen molar-refractivity contribution >= 4 is 22.6 Å². The van der Waals surface area contributed by atoms with Gasteiger partial charge in [-0.05, 0) is 37.5 Å². The summed E-state index contributed by atoms with van der Waals surface area (Å²) in [7, 11) is 0. The molecule has 0 saturated heterocycles. The summed E-state index contributed by atoms with van der Waals surface area (Å²) in [5, 5.41) is 3.34. The molecule has 1 N–H and O–H groups in total. The molecule has 1 heterocycles. The maximum Gasteiger partial charge on any atom is 0.257 e. The molecule has 0 aliphatic carbocycles. The van der Waals surface area contributed by atoms with Crippen LogP contribution in [-0.2, 0) is 6.42 Å². The third-order valence-electron chi connectivity index (χ3n) is 2.83. The summed E-state index contributed by atoms with van der Waals surface area (Å²) in [4.78, 5) is 16.4. The van der Waals surface area contributed by atoms with Gasteiger partial charge in [-0.15, -0.1) is 0 Å². The van der Waals surface area contributed by atoms with Gasteiger partial charge in [-0.25, -0.2) is 4.98 Å². The molecule has 2 aromatic rings. The zero-order valence-corrected chi connectivity index (χ0v) is 12.2. The molecule has 4 nitrogen and oxygen atoms in total. The number of aryl methyl sites for hydroxylation is 3. The van der Waals surface area contributed by atoms with Crippen LogP contribution in [-0.4, -0.2) is 15.3 Å². The van der Waals surface area contributed by atoms with Gasteiger partial charge in [0, 0.05) is 17.1 Å². The smallest absolute Gasteiger partial charge is 0.257 e. The van der Waals surface area contributed by atoms with E-state index in [1.54, 1.807) is 6.92 Å². The number of carbonyl (C=O) groups is 1. The monoisotopic (exact) mass is 275 g/mol. The van der Waals surface area contributed by atoms with Crippen LogP contribution >= 0.6 is 11.5 Å². The van der Waals surface area contributed by atoms with Crippen LogP contribution in [0.5, 0.6) is 0 Å². The summed E-state index contributed by atoms with van der Waals surface area (Å²) < 4.78 is 4.05. The number of carbonyl (C=O) groups excluding carboxylic acids is 1. The van der Waals surface area contributed by atoms with Crippen molar-refractivity contribution in [3.63, 3.8) is 0 Å². The van der Waals surface area contributed by atoms with E-state index in [0.717, 1.165) is 18.4 Å². The fourth-order valence-electron chi connectivity index (χ4n) is 1.87. The quantitative estimate of drug-likeness (QED) is 0.930. The molecule has 0 atom stereocenters. The molecule has 0 fully saturated rings. The summed E-state index contributed by atoms with van der Waals surface area (Å²) in [5.74, 6) is 0.559. The lowest BCUT2D eigenvalue weighted by Gasteiger charge is -2.07. The lowest BCUT2D eigenvalue weighted by atomic mass is 10.0. The van der Waals surface area contributed by atoms with Crippen LogP contribution in [0.15, 0.2) is 18.2 Å². The second-order valence-electron chi connectivity index (χ2n) is 4.50. The first-order valence-corrected chi connectivity index (χ1v) is 7.08. The fraction of sp³-hybridized carbons (Fsp3) is 0.357. The van der Waals surface area contributed by atoms with E-state index in [0.29, 0.717) is 16.5 Å². The molecular weight excluding hydrogens is 258 g/mol. The second kappa shape index (κ2) is 5.93. The summed E-state index contributed by atoms with van der Waals surface area (Å²) >= 11 is 1.20. The Morgan fingerprint density at radius 2 is 2.16 bits per heavy atom. The maximum absolute atomic E-state index is 12.2. The predicted octanol–water partition coefficient (Wildman–Crippen LogP) is 3.36. The van der Waals surface area contributed by atoms with Crippen LogP contribution in [0.25, 0.3) is 0 Å². The minimum atomic E-state index is -0.119. The Labute approximate surface area is 117 Å². The molecule has 0 spiro atoms. The van der Waals surface area contributed by atoms with E-state index in [-0.39, 0.29) is 5.91 Å². The van der Waals surface area contributed by atoms with E-state index in [1.807, 2.05) is 19.1 Å². The molecule has 5 heteroatoms. The van der Waals surface area contributed by atoms with Crippen molar-refractivity contribution in [3.05, 3.63) is 40.7 Å². The number of rotatable bonds is 4. The van der Waals surface area contributed by atoms with E-state index in [1.165, 1.54) is 17.1 Å². The van der Waals surface area contributed by atoms with Gasteiger partial charge < -0.3 is 0 Å². The van der Waals surface area contributed by atoms with Gasteiger partial charge in [-0.1, -0.05) is 25.5 Å².